The number of aliphatic imine (C=N–C) groups is 1. The second kappa shape index (κ2) is 12.0. The summed E-state index contributed by atoms with van der Waals surface area (Å²) in [5.41, 5.74) is 2.45. The molecule has 0 heterocycles. The minimum atomic E-state index is 0.124. The number of nitrogens with one attached hydrogen (secondary N) is 2. The molecule has 2 aromatic carbocycles. The fraction of sp³-hybridized carbons (Fsp3) is 0.435. The molecule has 0 fully saturated rings. The lowest BCUT2D eigenvalue weighted by Gasteiger charge is -2.24. The lowest BCUT2D eigenvalue weighted by molar-refractivity contribution is 0.303. The van der Waals surface area contributed by atoms with Crippen LogP contribution in [-0.4, -0.2) is 58.8 Å². The number of methoxy groups -OCH3 is 2. The first-order valence-electron chi connectivity index (χ1n) is 10.0. The van der Waals surface area contributed by atoms with Gasteiger partial charge in [-0.25, -0.2) is 0 Å². The van der Waals surface area contributed by atoms with E-state index in [4.69, 9.17) is 14.5 Å². The van der Waals surface area contributed by atoms with Crippen LogP contribution in [0.2, 0.25) is 0 Å². The van der Waals surface area contributed by atoms with Gasteiger partial charge in [-0.15, -0.1) is 0 Å². The maximum Gasteiger partial charge on any atom is 0.191 e. The second-order valence-electron chi connectivity index (χ2n) is 6.98. The molecule has 0 aliphatic heterocycles. The lowest BCUT2D eigenvalue weighted by Crippen LogP contribution is -2.39. The number of hydrogen-bond acceptors (Lipinski definition) is 4. The normalized spacial score (nSPS) is 12.6. The first-order valence-corrected chi connectivity index (χ1v) is 10.0. The highest BCUT2D eigenvalue weighted by atomic mass is 16.5. The summed E-state index contributed by atoms with van der Waals surface area (Å²) in [6.07, 6.45) is 0.956. The first-order chi connectivity index (χ1) is 14.1. The number of likely N-dealkylation sites (N-methyl/N-ethyl adjacent to an activating group) is 1. The summed E-state index contributed by atoms with van der Waals surface area (Å²) >= 11 is 0. The van der Waals surface area contributed by atoms with Gasteiger partial charge in [0, 0.05) is 13.1 Å². The fourth-order valence-electron chi connectivity index (χ4n) is 3.12. The monoisotopic (exact) mass is 398 g/mol. The Balaban J connectivity index is 2.07. The van der Waals surface area contributed by atoms with Gasteiger partial charge in [-0.1, -0.05) is 36.4 Å². The molecule has 0 aliphatic carbocycles. The predicted molar refractivity (Wildman–Crippen MR) is 120 cm³/mol. The van der Waals surface area contributed by atoms with Gasteiger partial charge in [0.2, 0.25) is 0 Å². The SMILES string of the molecule is CCNC(=NCC(c1ccc(OC)c(OC)c1)N(C)C)NCCc1ccccc1. The summed E-state index contributed by atoms with van der Waals surface area (Å²) in [6.45, 7) is 4.36. The van der Waals surface area contributed by atoms with E-state index in [9.17, 15) is 0 Å². The Morgan fingerprint density at radius 1 is 1.00 bits per heavy atom. The van der Waals surface area contributed by atoms with Crippen molar-refractivity contribution in [2.45, 2.75) is 19.4 Å². The van der Waals surface area contributed by atoms with Crippen molar-refractivity contribution in [3.8, 4) is 11.5 Å². The van der Waals surface area contributed by atoms with Gasteiger partial charge in [0.05, 0.1) is 26.8 Å². The summed E-state index contributed by atoms with van der Waals surface area (Å²) in [4.78, 5) is 6.99. The second-order valence-corrected chi connectivity index (χ2v) is 6.98. The number of guanidine groups is 1. The first kappa shape index (κ1) is 22.6. The van der Waals surface area contributed by atoms with Crippen LogP contribution in [0.5, 0.6) is 11.5 Å². The van der Waals surface area contributed by atoms with Crippen LogP contribution in [-0.2, 0) is 6.42 Å². The van der Waals surface area contributed by atoms with E-state index in [1.165, 1.54) is 5.56 Å². The van der Waals surface area contributed by atoms with Crippen LogP contribution >= 0.6 is 0 Å². The smallest absolute Gasteiger partial charge is 0.191 e. The third kappa shape index (κ3) is 6.98. The average molecular weight is 399 g/mol. The standard InChI is InChI=1S/C23H34N4O2/c1-6-24-23(25-15-14-18-10-8-7-9-11-18)26-17-20(27(2)3)19-12-13-21(28-4)22(16-19)29-5/h7-13,16,20H,6,14-15,17H2,1-5H3,(H2,24,25,26). The molecule has 2 N–H and O–H groups in total. The topological polar surface area (TPSA) is 58.1 Å². The van der Waals surface area contributed by atoms with Gasteiger partial charge in [0.25, 0.3) is 0 Å². The number of nitrogens with zero attached hydrogens (tertiary/aromatic N) is 2. The maximum absolute atomic E-state index is 5.46. The Labute approximate surface area is 174 Å². The zero-order valence-corrected chi connectivity index (χ0v) is 18.2. The summed E-state index contributed by atoms with van der Waals surface area (Å²) in [7, 11) is 7.43. The molecule has 0 amide bonds. The van der Waals surface area contributed by atoms with Gasteiger partial charge in [0.15, 0.2) is 17.5 Å². The van der Waals surface area contributed by atoms with Gasteiger partial charge in [-0.2, -0.15) is 0 Å². The van der Waals surface area contributed by atoms with Gasteiger partial charge in [-0.05, 0) is 50.7 Å². The molecular weight excluding hydrogens is 364 g/mol. The van der Waals surface area contributed by atoms with Crippen molar-refractivity contribution in [2.75, 3.05) is 47.9 Å². The number of benzene rings is 2. The lowest BCUT2D eigenvalue weighted by atomic mass is 10.1. The van der Waals surface area contributed by atoms with E-state index in [-0.39, 0.29) is 6.04 Å². The highest BCUT2D eigenvalue weighted by molar-refractivity contribution is 5.79. The fourth-order valence-corrected chi connectivity index (χ4v) is 3.12. The molecule has 158 valence electrons. The van der Waals surface area contributed by atoms with Crippen LogP contribution < -0.4 is 20.1 Å². The van der Waals surface area contributed by atoms with Gasteiger partial charge < -0.3 is 25.0 Å². The highest BCUT2D eigenvalue weighted by Crippen LogP contribution is 2.31. The summed E-state index contributed by atoms with van der Waals surface area (Å²) in [5.74, 6) is 2.29. The molecule has 29 heavy (non-hydrogen) atoms. The van der Waals surface area contributed by atoms with Crippen LogP contribution in [0.1, 0.15) is 24.1 Å². The highest BCUT2D eigenvalue weighted by Gasteiger charge is 2.16. The molecule has 2 rings (SSSR count). The van der Waals surface area contributed by atoms with Crippen LogP contribution in [0.15, 0.2) is 53.5 Å². The molecule has 0 saturated carbocycles. The summed E-state index contributed by atoms with van der Waals surface area (Å²) < 4.78 is 10.8. The van der Waals surface area contributed by atoms with Crippen molar-refractivity contribution in [3.63, 3.8) is 0 Å². The molecule has 0 aliphatic rings. The van der Waals surface area contributed by atoms with Crippen molar-refractivity contribution < 1.29 is 9.47 Å². The van der Waals surface area contributed by atoms with Crippen LogP contribution in [0, 0.1) is 0 Å². The molecule has 0 bridgehead atoms. The van der Waals surface area contributed by atoms with Crippen molar-refractivity contribution in [1.82, 2.24) is 15.5 Å². The van der Waals surface area contributed by atoms with Gasteiger partial charge in [-0.3, -0.25) is 4.99 Å². The number of rotatable bonds is 10. The molecule has 0 radical (unpaired) electrons. The minimum Gasteiger partial charge on any atom is -0.493 e. The molecule has 6 heteroatoms. The molecule has 1 unspecified atom stereocenters. The van der Waals surface area contributed by atoms with E-state index in [0.29, 0.717) is 6.54 Å². The molecule has 0 spiro atoms. The Bertz CT molecular complexity index is 763. The third-order valence-electron chi connectivity index (χ3n) is 4.73. The van der Waals surface area contributed by atoms with E-state index < -0.39 is 0 Å². The predicted octanol–water partition coefficient (Wildman–Crippen LogP) is 3.10. The van der Waals surface area contributed by atoms with Gasteiger partial charge >= 0.3 is 0 Å². The third-order valence-corrected chi connectivity index (χ3v) is 4.73. The van der Waals surface area contributed by atoms with Crippen molar-refractivity contribution in [2.24, 2.45) is 4.99 Å². The summed E-state index contributed by atoms with van der Waals surface area (Å²) in [6, 6.07) is 16.6. The van der Waals surface area contributed by atoms with Crippen LogP contribution in [0.4, 0.5) is 0 Å². The van der Waals surface area contributed by atoms with E-state index in [1.807, 2.05) is 18.2 Å². The van der Waals surface area contributed by atoms with E-state index in [2.05, 4.69) is 66.9 Å². The zero-order chi connectivity index (χ0) is 21.1. The molecule has 2 aromatic rings. The minimum absolute atomic E-state index is 0.124. The average Bonchev–Trinajstić information content (AvgIpc) is 2.74. The quantitative estimate of drug-likeness (QED) is 0.476. The van der Waals surface area contributed by atoms with Crippen molar-refractivity contribution in [3.05, 3.63) is 59.7 Å². The van der Waals surface area contributed by atoms with Crippen LogP contribution in [0.3, 0.4) is 0 Å². The van der Waals surface area contributed by atoms with Crippen LogP contribution in [0.25, 0.3) is 0 Å². The molecule has 1 atom stereocenters. The molecule has 0 aromatic heterocycles. The Kier molecular flexibility index (Phi) is 9.31. The van der Waals surface area contributed by atoms with Crippen molar-refractivity contribution >= 4 is 5.96 Å². The van der Waals surface area contributed by atoms with Crippen molar-refractivity contribution in [1.29, 1.82) is 0 Å². The Hall–Kier alpha value is -2.73. The Morgan fingerprint density at radius 2 is 1.72 bits per heavy atom. The molecule has 6 nitrogen and oxygen atoms in total. The van der Waals surface area contributed by atoms with Gasteiger partial charge in [0.1, 0.15) is 0 Å². The number of hydrogen-bond donors (Lipinski definition) is 2. The maximum atomic E-state index is 5.46. The van der Waals surface area contributed by atoms with E-state index >= 15 is 0 Å². The Morgan fingerprint density at radius 3 is 2.34 bits per heavy atom. The summed E-state index contributed by atoms with van der Waals surface area (Å²) in [5, 5.41) is 6.76. The zero-order valence-electron chi connectivity index (χ0n) is 18.2. The molecular formula is C23H34N4O2. The molecule has 0 saturated heterocycles. The van der Waals surface area contributed by atoms with E-state index in [0.717, 1.165) is 42.5 Å². The largest absolute Gasteiger partial charge is 0.493 e. The number of ether oxygens (including phenoxy) is 2. The van der Waals surface area contributed by atoms with E-state index in [1.54, 1.807) is 14.2 Å².